The van der Waals surface area contributed by atoms with Gasteiger partial charge >= 0.3 is 6.36 Å². The molecule has 7 nitrogen and oxygen atoms in total. The molecule has 1 saturated carbocycles. The summed E-state index contributed by atoms with van der Waals surface area (Å²) < 4.78 is 42.2. The Hall–Kier alpha value is -2.62. The molecule has 4 atom stereocenters. The standard InChI is InChI=1S/C26H36F3N5O2/c1-15(2)19-12-17(33(5)16(3)4)6-9-23(19)34-11-10-22(25(34)35)32-24-20-13-18(36-26(27,28)29)7-8-21(20)30-14-31-24/h7-8,13-17,19,22-23H,6,9-12H2,1-5H3,(H,30,31,32)/t17-,19-,22-,23-/m0/s1. The van der Waals surface area contributed by atoms with Crippen molar-refractivity contribution in [3.63, 3.8) is 0 Å². The topological polar surface area (TPSA) is 70.6 Å². The van der Waals surface area contributed by atoms with Crippen LogP contribution in [0.15, 0.2) is 24.5 Å². The number of hydrogen-bond donors (Lipinski definition) is 1. The molecule has 1 aliphatic heterocycles. The van der Waals surface area contributed by atoms with Gasteiger partial charge in [0.25, 0.3) is 0 Å². The predicted octanol–water partition coefficient (Wildman–Crippen LogP) is 5.07. The van der Waals surface area contributed by atoms with E-state index in [1.54, 1.807) is 0 Å². The number of fused-ring (bicyclic) bond motifs is 1. The number of hydrogen-bond acceptors (Lipinski definition) is 6. The molecule has 198 valence electrons. The molecule has 2 aliphatic rings. The minimum absolute atomic E-state index is 0.0239. The van der Waals surface area contributed by atoms with Gasteiger partial charge in [0.05, 0.1) is 5.52 Å². The van der Waals surface area contributed by atoms with Crippen molar-refractivity contribution in [3.05, 3.63) is 24.5 Å². The lowest BCUT2D eigenvalue weighted by Crippen LogP contribution is -2.52. The van der Waals surface area contributed by atoms with E-state index in [9.17, 15) is 18.0 Å². The van der Waals surface area contributed by atoms with Crippen LogP contribution in [0, 0.1) is 11.8 Å². The minimum atomic E-state index is -4.80. The molecule has 10 heteroatoms. The molecule has 1 saturated heterocycles. The van der Waals surface area contributed by atoms with Gasteiger partial charge < -0.3 is 19.9 Å². The first-order valence-corrected chi connectivity index (χ1v) is 12.7. The van der Waals surface area contributed by atoms with Crippen LogP contribution in [0.2, 0.25) is 0 Å². The number of carbonyl (C=O) groups is 1. The molecule has 2 heterocycles. The molecule has 0 spiro atoms. The van der Waals surface area contributed by atoms with Gasteiger partial charge in [-0.15, -0.1) is 13.2 Å². The molecular formula is C26H36F3N5O2. The molecule has 0 bridgehead atoms. The van der Waals surface area contributed by atoms with E-state index in [0.29, 0.717) is 53.6 Å². The zero-order valence-corrected chi connectivity index (χ0v) is 21.5. The number of likely N-dealkylation sites (tertiary alicyclic amines) is 1. The Morgan fingerprint density at radius 3 is 2.56 bits per heavy atom. The maximum Gasteiger partial charge on any atom is 0.573 e. The molecule has 1 aliphatic carbocycles. The maximum atomic E-state index is 13.5. The first kappa shape index (κ1) is 26.4. The van der Waals surface area contributed by atoms with Crippen molar-refractivity contribution in [2.75, 3.05) is 18.9 Å². The monoisotopic (exact) mass is 507 g/mol. The summed E-state index contributed by atoms with van der Waals surface area (Å²) in [5, 5.41) is 3.57. The second-order valence-electron chi connectivity index (χ2n) is 10.7. The normalized spacial score (nSPS) is 25.4. The Bertz CT molecular complexity index is 1080. The fourth-order valence-electron chi connectivity index (χ4n) is 5.74. The number of benzene rings is 1. The van der Waals surface area contributed by atoms with Crippen molar-refractivity contribution < 1.29 is 22.7 Å². The van der Waals surface area contributed by atoms with Crippen LogP contribution in [0.25, 0.3) is 10.9 Å². The quantitative estimate of drug-likeness (QED) is 0.564. The van der Waals surface area contributed by atoms with Crippen LogP contribution >= 0.6 is 0 Å². The lowest BCUT2D eigenvalue weighted by atomic mass is 9.74. The van der Waals surface area contributed by atoms with Gasteiger partial charge in [0.1, 0.15) is 23.9 Å². The van der Waals surface area contributed by atoms with Crippen molar-refractivity contribution in [3.8, 4) is 5.75 Å². The highest BCUT2D eigenvalue weighted by atomic mass is 19.4. The lowest BCUT2D eigenvalue weighted by Gasteiger charge is -2.46. The SMILES string of the molecule is CC(C)[C@@H]1C[C@@H](N(C)C(C)C)CC[C@@H]1N1CC[C@H](Nc2ncnc3ccc(OC(F)(F)F)cc23)C1=O. The number of halogens is 3. The van der Waals surface area contributed by atoms with Crippen LogP contribution in [0.5, 0.6) is 5.75 Å². The van der Waals surface area contributed by atoms with Gasteiger partial charge in [0.2, 0.25) is 5.91 Å². The number of anilines is 1. The third-order valence-corrected chi connectivity index (χ3v) is 7.87. The molecule has 0 unspecified atom stereocenters. The van der Waals surface area contributed by atoms with E-state index in [0.717, 1.165) is 19.3 Å². The van der Waals surface area contributed by atoms with E-state index in [4.69, 9.17) is 0 Å². The van der Waals surface area contributed by atoms with Crippen LogP contribution < -0.4 is 10.1 Å². The molecule has 1 aromatic heterocycles. The lowest BCUT2D eigenvalue weighted by molar-refractivity contribution is -0.274. The third-order valence-electron chi connectivity index (χ3n) is 7.87. The van der Waals surface area contributed by atoms with Crippen LogP contribution in [0.3, 0.4) is 0 Å². The molecule has 1 amide bonds. The number of nitrogens with one attached hydrogen (secondary N) is 1. The summed E-state index contributed by atoms with van der Waals surface area (Å²) >= 11 is 0. The van der Waals surface area contributed by atoms with E-state index in [2.05, 4.69) is 59.7 Å². The molecule has 2 fully saturated rings. The summed E-state index contributed by atoms with van der Waals surface area (Å²) in [4.78, 5) is 26.4. The van der Waals surface area contributed by atoms with Gasteiger partial charge in [0.15, 0.2) is 0 Å². The highest BCUT2D eigenvalue weighted by Crippen LogP contribution is 2.38. The number of nitrogens with zero attached hydrogens (tertiary/aromatic N) is 4. The van der Waals surface area contributed by atoms with Crippen LogP contribution in [-0.2, 0) is 4.79 Å². The molecular weight excluding hydrogens is 471 g/mol. The molecule has 4 rings (SSSR count). The van der Waals surface area contributed by atoms with Crippen LogP contribution in [0.4, 0.5) is 19.0 Å². The predicted molar refractivity (Wildman–Crippen MR) is 133 cm³/mol. The van der Waals surface area contributed by atoms with Crippen molar-refractivity contribution in [1.29, 1.82) is 0 Å². The summed E-state index contributed by atoms with van der Waals surface area (Å²) in [6, 6.07) is 4.62. The number of ether oxygens (including phenoxy) is 1. The molecule has 1 N–H and O–H groups in total. The van der Waals surface area contributed by atoms with Gasteiger partial charge in [-0.2, -0.15) is 0 Å². The van der Waals surface area contributed by atoms with Gasteiger partial charge in [-0.25, -0.2) is 9.97 Å². The molecule has 36 heavy (non-hydrogen) atoms. The second-order valence-corrected chi connectivity index (χ2v) is 10.7. The number of amides is 1. The average molecular weight is 508 g/mol. The number of alkyl halides is 3. The average Bonchev–Trinajstić information content (AvgIpc) is 3.17. The Morgan fingerprint density at radius 1 is 1.14 bits per heavy atom. The van der Waals surface area contributed by atoms with Gasteiger partial charge in [-0.05, 0) is 76.6 Å². The first-order valence-electron chi connectivity index (χ1n) is 12.7. The summed E-state index contributed by atoms with van der Waals surface area (Å²) in [7, 11) is 2.19. The van der Waals surface area contributed by atoms with Crippen molar-refractivity contribution >= 4 is 22.6 Å². The second kappa shape index (κ2) is 10.4. The zero-order valence-electron chi connectivity index (χ0n) is 21.5. The fraction of sp³-hybridized carbons (Fsp3) is 0.654. The first-order chi connectivity index (χ1) is 16.9. The Kier molecular flexibility index (Phi) is 7.64. The van der Waals surface area contributed by atoms with E-state index >= 15 is 0 Å². The maximum absolute atomic E-state index is 13.5. The summed E-state index contributed by atoms with van der Waals surface area (Å²) in [5.41, 5.74) is 0.469. The largest absolute Gasteiger partial charge is 0.573 e. The van der Waals surface area contributed by atoms with Crippen LogP contribution in [-0.4, -0.2) is 69.8 Å². The van der Waals surface area contributed by atoms with E-state index in [1.807, 2.05) is 4.90 Å². The third kappa shape index (κ3) is 5.68. The van der Waals surface area contributed by atoms with Crippen molar-refractivity contribution in [2.24, 2.45) is 11.8 Å². The summed E-state index contributed by atoms with van der Waals surface area (Å²) in [6.07, 6.45) is 0.250. The Morgan fingerprint density at radius 2 is 1.89 bits per heavy atom. The zero-order chi connectivity index (χ0) is 26.2. The number of rotatable bonds is 7. The van der Waals surface area contributed by atoms with E-state index in [-0.39, 0.29) is 17.7 Å². The molecule has 2 aromatic rings. The van der Waals surface area contributed by atoms with Crippen molar-refractivity contribution in [2.45, 2.75) is 83.9 Å². The summed E-state index contributed by atoms with van der Waals surface area (Å²) in [6.45, 7) is 9.55. The summed E-state index contributed by atoms with van der Waals surface area (Å²) in [5.74, 6) is 0.868. The van der Waals surface area contributed by atoms with Crippen molar-refractivity contribution in [1.82, 2.24) is 19.8 Å². The Balaban J connectivity index is 1.50. The smallest absolute Gasteiger partial charge is 0.406 e. The van der Waals surface area contributed by atoms with Crippen LogP contribution in [0.1, 0.15) is 53.4 Å². The van der Waals surface area contributed by atoms with E-state index in [1.165, 1.54) is 24.5 Å². The highest BCUT2D eigenvalue weighted by molar-refractivity contribution is 5.93. The molecule has 1 aromatic carbocycles. The van der Waals surface area contributed by atoms with Gasteiger partial charge in [0, 0.05) is 30.1 Å². The minimum Gasteiger partial charge on any atom is -0.406 e. The number of carbonyl (C=O) groups excluding carboxylic acids is 1. The molecule has 0 radical (unpaired) electrons. The number of aromatic nitrogens is 2. The Labute approximate surface area is 210 Å². The van der Waals surface area contributed by atoms with E-state index < -0.39 is 12.4 Å². The van der Waals surface area contributed by atoms with Gasteiger partial charge in [-0.1, -0.05) is 13.8 Å². The highest BCUT2D eigenvalue weighted by Gasteiger charge is 2.43. The van der Waals surface area contributed by atoms with Gasteiger partial charge in [-0.3, -0.25) is 4.79 Å². The fourth-order valence-corrected chi connectivity index (χ4v) is 5.74.